The summed E-state index contributed by atoms with van der Waals surface area (Å²) in [5, 5.41) is 38.2. The van der Waals surface area contributed by atoms with Gasteiger partial charge in [0, 0.05) is 0 Å². The number of alkyl halides is 6. The van der Waals surface area contributed by atoms with Crippen LogP contribution >= 0.6 is 0 Å². The molecule has 14 heteroatoms. The van der Waals surface area contributed by atoms with E-state index in [1.807, 2.05) is 0 Å². The average molecular weight is 336 g/mol. The lowest BCUT2D eigenvalue weighted by Crippen LogP contribution is -2.21. The molecule has 0 bridgehead atoms. The first-order valence-electron chi connectivity index (χ1n) is 5.10. The van der Waals surface area contributed by atoms with Crippen molar-refractivity contribution in [1.82, 2.24) is 0 Å². The van der Waals surface area contributed by atoms with Gasteiger partial charge in [-0.05, 0) is 18.2 Å². The van der Waals surface area contributed by atoms with Gasteiger partial charge in [0.05, 0.1) is 11.1 Å². The van der Waals surface area contributed by atoms with E-state index in [2.05, 4.69) is 4.65 Å². The number of rotatable bonds is 2. The predicted molar refractivity (Wildman–Crippen MR) is 59.7 cm³/mol. The Morgan fingerprint density at radius 2 is 1.05 bits per heavy atom. The second kappa shape index (κ2) is 7.69. The van der Waals surface area contributed by atoms with Crippen LogP contribution in [0.4, 0.5) is 26.3 Å². The molecule has 6 nitrogen and oxygen atoms in total. The number of halogens is 6. The molecular weight excluding hydrogens is 328 g/mol. The molecule has 0 aliphatic carbocycles. The molecule has 0 aromatic heterocycles. The molecule has 5 N–H and O–H groups in total. The first-order chi connectivity index (χ1) is 9.73. The highest BCUT2D eigenvalue weighted by Gasteiger charge is 2.37. The molecule has 0 radical (unpaired) electrons. The molecule has 0 amide bonds. The number of hydrogen-bond acceptors (Lipinski definition) is 6. The lowest BCUT2D eigenvalue weighted by molar-refractivity contribution is -0.143. The zero-order valence-corrected chi connectivity index (χ0v) is 10.3. The van der Waals surface area contributed by atoms with Gasteiger partial charge in [-0.2, -0.15) is 26.3 Å². The number of hydrogen-bond donors (Lipinski definition) is 5. The van der Waals surface area contributed by atoms with E-state index in [0.29, 0.717) is 0 Å². The van der Waals surface area contributed by atoms with Crippen LogP contribution in [0, 0.1) is 0 Å². The highest BCUT2D eigenvalue weighted by atomic mass is 19.4. The van der Waals surface area contributed by atoms with Crippen molar-refractivity contribution < 1.29 is 56.1 Å². The molecule has 0 atom stereocenters. The molecule has 0 unspecified atom stereocenters. The van der Waals surface area contributed by atoms with Gasteiger partial charge in [0.2, 0.25) is 0 Å². The summed E-state index contributed by atoms with van der Waals surface area (Å²) >= 11 is 0. The topological polar surface area (TPSA) is 110 Å². The SMILES string of the molecule is OB(O)O.OB(O)Oc1cc(C(F)(F)F)cc(C(F)(F)F)c1. The van der Waals surface area contributed by atoms with Crippen LogP contribution in [0.2, 0.25) is 0 Å². The third-order valence-electron chi connectivity index (χ3n) is 1.80. The Morgan fingerprint density at radius 1 is 0.727 bits per heavy atom. The molecule has 0 spiro atoms. The van der Waals surface area contributed by atoms with Gasteiger partial charge in [-0.1, -0.05) is 0 Å². The minimum Gasteiger partial charge on any atom is -0.512 e. The summed E-state index contributed by atoms with van der Waals surface area (Å²) in [6, 6.07) is 0.361. The summed E-state index contributed by atoms with van der Waals surface area (Å²) in [6.45, 7) is 0. The largest absolute Gasteiger partial charge is 0.707 e. The van der Waals surface area contributed by atoms with Gasteiger partial charge in [-0.15, -0.1) is 0 Å². The molecule has 22 heavy (non-hydrogen) atoms. The monoisotopic (exact) mass is 336 g/mol. The molecule has 0 heterocycles. The van der Waals surface area contributed by atoms with Crippen LogP contribution in [0.25, 0.3) is 0 Å². The molecule has 124 valence electrons. The molecular formula is C8H8B2F6O6. The van der Waals surface area contributed by atoms with Crippen LogP contribution in [0.1, 0.15) is 11.1 Å². The quantitative estimate of drug-likeness (QED) is 0.385. The summed E-state index contributed by atoms with van der Waals surface area (Å²) in [5.41, 5.74) is -3.21. The van der Waals surface area contributed by atoms with Crippen molar-refractivity contribution in [2.75, 3.05) is 0 Å². The van der Waals surface area contributed by atoms with E-state index in [0.717, 1.165) is 0 Å². The molecule has 0 saturated heterocycles. The normalized spacial score (nSPS) is 11.4. The van der Waals surface area contributed by atoms with Crippen LogP contribution in [0.15, 0.2) is 18.2 Å². The third-order valence-corrected chi connectivity index (χ3v) is 1.80. The minimum absolute atomic E-state index is 0.101. The zero-order valence-electron chi connectivity index (χ0n) is 10.3. The van der Waals surface area contributed by atoms with E-state index in [4.69, 9.17) is 25.1 Å². The average Bonchev–Trinajstić information content (AvgIpc) is 2.24. The standard InChI is InChI=1S/C8H5BF6O3.BH3O3/c10-7(11,12)4-1-5(8(13,14)15)3-6(2-4)18-9(16)17;2-1(3)4/h1-3,16-17H;2-4H. The van der Waals surface area contributed by atoms with Crippen molar-refractivity contribution in [3.8, 4) is 5.75 Å². The fraction of sp³-hybridized carbons (Fsp3) is 0.250. The van der Waals surface area contributed by atoms with Crippen molar-refractivity contribution in [2.45, 2.75) is 12.4 Å². The van der Waals surface area contributed by atoms with E-state index in [9.17, 15) is 26.3 Å². The molecule has 0 fully saturated rings. The van der Waals surface area contributed by atoms with E-state index in [1.165, 1.54) is 0 Å². The van der Waals surface area contributed by atoms with Crippen LogP contribution in [-0.4, -0.2) is 39.8 Å². The Hall–Kier alpha value is -1.47. The smallest absolute Gasteiger partial charge is 0.512 e. The second-order valence-electron chi connectivity index (χ2n) is 3.53. The Morgan fingerprint density at radius 3 is 1.27 bits per heavy atom. The predicted octanol–water partition coefficient (Wildman–Crippen LogP) is 0.0207. The van der Waals surface area contributed by atoms with Crippen molar-refractivity contribution in [2.24, 2.45) is 0 Å². The highest BCUT2D eigenvalue weighted by Crippen LogP contribution is 2.38. The fourth-order valence-corrected chi connectivity index (χ4v) is 1.12. The number of benzene rings is 1. The summed E-state index contributed by atoms with van der Waals surface area (Å²) in [5.74, 6) is -0.952. The minimum atomic E-state index is -5.01. The Kier molecular flexibility index (Phi) is 7.18. The van der Waals surface area contributed by atoms with Crippen molar-refractivity contribution in [3.05, 3.63) is 29.3 Å². The van der Waals surface area contributed by atoms with Gasteiger partial charge >= 0.3 is 27.0 Å². The summed E-state index contributed by atoms with van der Waals surface area (Å²) in [7, 11) is -4.69. The van der Waals surface area contributed by atoms with Crippen molar-refractivity contribution >= 4 is 14.6 Å². The van der Waals surface area contributed by atoms with Crippen molar-refractivity contribution in [3.63, 3.8) is 0 Å². The van der Waals surface area contributed by atoms with Crippen LogP contribution < -0.4 is 4.65 Å². The first-order valence-corrected chi connectivity index (χ1v) is 5.10. The lowest BCUT2D eigenvalue weighted by atomic mass is 10.1. The second-order valence-corrected chi connectivity index (χ2v) is 3.53. The lowest BCUT2D eigenvalue weighted by Gasteiger charge is -2.14. The zero-order chi connectivity index (χ0) is 17.7. The van der Waals surface area contributed by atoms with Crippen LogP contribution in [0.3, 0.4) is 0 Å². The Labute approximate surface area is 119 Å². The third kappa shape index (κ3) is 8.09. The highest BCUT2D eigenvalue weighted by molar-refractivity contribution is 6.33. The van der Waals surface area contributed by atoms with E-state index in [-0.39, 0.29) is 18.2 Å². The van der Waals surface area contributed by atoms with Gasteiger partial charge < -0.3 is 29.8 Å². The van der Waals surface area contributed by atoms with E-state index >= 15 is 0 Å². The van der Waals surface area contributed by atoms with Gasteiger partial charge in [-0.25, -0.2) is 0 Å². The Balaban J connectivity index is 0.000000980. The van der Waals surface area contributed by atoms with E-state index < -0.39 is 43.9 Å². The van der Waals surface area contributed by atoms with Crippen LogP contribution in [-0.2, 0) is 12.4 Å². The molecule has 1 aromatic carbocycles. The van der Waals surface area contributed by atoms with E-state index in [1.54, 1.807) is 0 Å². The van der Waals surface area contributed by atoms with Gasteiger partial charge in [-0.3, -0.25) is 0 Å². The van der Waals surface area contributed by atoms with Crippen LogP contribution in [0.5, 0.6) is 5.75 Å². The molecule has 1 aromatic rings. The van der Waals surface area contributed by atoms with Gasteiger partial charge in [0.1, 0.15) is 5.75 Å². The summed E-state index contributed by atoms with van der Waals surface area (Å²) in [6.07, 6.45) is -10.0. The first kappa shape index (κ1) is 20.5. The molecule has 0 aliphatic heterocycles. The molecule has 1 rings (SSSR count). The van der Waals surface area contributed by atoms with Gasteiger partial charge in [0.25, 0.3) is 0 Å². The molecule has 0 saturated carbocycles. The Bertz CT molecular complexity index is 442. The fourth-order valence-electron chi connectivity index (χ4n) is 1.12. The van der Waals surface area contributed by atoms with Gasteiger partial charge in [0.15, 0.2) is 0 Å². The maximum Gasteiger partial charge on any atom is 0.707 e. The summed E-state index contributed by atoms with van der Waals surface area (Å²) < 4.78 is 78.0. The maximum atomic E-state index is 12.3. The molecule has 0 aliphatic rings. The summed E-state index contributed by atoms with van der Waals surface area (Å²) in [4.78, 5) is 0. The van der Waals surface area contributed by atoms with Crippen molar-refractivity contribution in [1.29, 1.82) is 0 Å². The maximum absolute atomic E-state index is 12.3.